The van der Waals surface area contributed by atoms with E-state index in [1.807, 2.05) is 30.3 Å². The van der Waals surface area contributed by atoms with Crippen LogP contribution >= 0.6 is 0 Å². The highest BCUT2D eigenvalue weighted by Crippen LogP contribution is 2.23. The summed E-state index contributed by atoms with van der Waals surface area (Å²) in [6.07, 6.45) is 5.02. The first kappa shape index (κ1) is 36.6. The summed E-state index contributed by atoms with van der Waals surface area (Å²) in [5.41, 5.74) is 3.32. The average Bonchev–Trinajstić information content (AvgIpc) is 3.90. The van der Waals surface area contributed by atoms with E-state index < -0.39 is 29.0 Å². The van der Waals surface area contributed by atoms with E-state index in [9.17, 15) is 28.4 Å². The third-order valence-electron chi connectivity index (χ3n) is 8.22. The lowest BCUT2D eigenvalue weighted by atomic mass is 10.0. The minimum absolute atomic E-state index is 0.0565. The number of carbonyl (C=O) groups excluding carboxylic acids is 4. The van der Waals surface area contributed by atoms with E-state index in [0.717, 1.165) is 11.6 Å². The van der Waals surface area contributed by atoms with Crippen molar-refractivity contribution in [2.24, 2.45) is 0 Å². The fourth-order valence-electron chi connectivity index (χ4n) is 5.38. The van der Waals surface area contributed by atoms with E-state index in [1.54, 1.807) is 36.4 Å². The van der Waals surface area contributed by atoms with E-state index in [4.69, 9.17) is 0 Å². The zero-order chi connectivity index (χ0) is 37.9. The molecule has 274 valence electrons. The molecule has 16 heteroatoms. The van der Waals surface area contributed by atoms with Crippen LogP contribution in [0.1, 0.15) is 54.7 Å². The second kappa shape index (κ2) is 17.3. The first-order valence-electron chi connectivity index (χ1n) is 17.0. The van der Waals surface area contributed by atoms with Gasteiger partial charge < -0.3 is 26.3 Å². The standard InChI is InChI=1S/C38H35FN10O5/c39-28-9-4-14-41-33(28)38(54)45-18-6-17-44-37(53)32-20-30(47-49-32)25-12-10-23(11-13-25)26-21-40-22-27(34(26)50)35(51)42-15-5-16-43-36(52)31-19-29(46-48-31)24-7-2-1-3-8-24/h1-4,7-14,19-22H,5-6,15-18H2,(H,40,50)(H,42,51)(H,43,52)(H,44,53)(H,45,54)(H,46,48)(H,47,49). The van der Waals surface area contributed by atoms with E-state index in [1.165, 1.54) is 24.7 Å². The normalized spacial score (nSPS) is 10.8. The van der Waals surface area contributed by atoms with E-state index in [2.05, 4.69) is 51.6 Å². The highest BCUT2D eigenvalue weighted by atomic mass is 19.1. The molecule has 0 aliphatic heterocycles. The van der Waals surface area contributed by atoms with Crippen molar-refractivity contribution in [3.05, 3.63) is 136 Å². The minimum atomic E-state index is -0.714. The first-order valence-corrected chi connectivity index (χ1v) is 17.0. The monoisotopic (exact) mass is 730 g/mol. The number of hydrogen-bond acceptors (Lipinski definition) is 8. The number of pyridine rings is 2. The highest BCUT2D eigenvalue weighted by molar-refractivity contribution is 5.96. The number of hydrogen-bond donors (Lipinski definition) is 7. The quantitative estimate of drug-likeness (QED) is 0.0774. The van der Waals surface area contributed by atoms with Gasteiger partial charge in [-0.05, 0) is 42.7 Å². The molecule has 4 amide bonds. The van der Waals surface area contributed by atoms with Gasteiger partial charge in [-0.2, -0.15) is 10.2 Å². The summed E-state index contributed by atoms with van der Waals surface area (Å²) in [4.78, 5) is 69.9. The molecule has 0 aliphatic rings. The average molecular weight is 731 g/mol. The Morgan fingerprint density at radius 3 is 1.74 bits per heavy atom. The van der Waals surface area contributed by atoms with Gasteiger partial charge >= 0.3 is 0 Å². The predicted molar refractivity (Wildman–Crippen MR) is 197 cm³/mol. The van der Waals surface area contributed by atoms with Crippen molar-refractivity contribution in [1.29, 1.82) is 0 Å². The van der Waals surface area contributed by atoms with Crippen molar-refractivity contribution in [1.82, 2.24) is 51.6 Å². The molecule has 0 atom stereocenters. The number of amides is 4. The summed E-state index contributed by atoms with van der Waals surface area (Å²) in [5.74, 6) is -2.62. The summed E-state index contributed by atoms with van der Waals surface area (Å²) in [5, 5.41) is 24.7. The zero-order valence-corrected chi connectivity index (χ0v) is 28.7. The van der Waals surface area contributed by atoms with Crippen LogP contribution in [-0.2, 0) is 0 Å². The molecule has 0 aliphatic carbocycles. The Morgan fingerprint density at radius 2 is 1.15 bits per heavy atom. The van der Waals surface area contributed by atoms with Crippen molar-refractivity contribution in [3.63, 3.8) is 0 Å². The number of rotatable bonds is 15. The summed E-state index contributed by atoms with van der Waals surface area (Å²) < 4.78 is 13.7. The van der Waals surface area contributed by atoms with Gasteiger partial charge in [-0.3, -0.25) is 34.2 Å². The van der Waals surface area contributed by atoms with Crippen LogP contribution in [0.5, 0.6) is 0 Å². The molecule has 0 bridgehead atoms. The third-order valence-corrected chi connectivity index (χ3v) is 8.22. The number of aromatic amines is 3. The van der Waals surface area contributed by atoms with E-state index in [-0.39, 0.29) is 42.5 Å². The van der Waals surface area contributed by atoms with Crippen LogP contribution in [0.3, 0.4) is 0 Å². The maximum atomic E-state index is 13.7. The van der Waals surface area contributed by atoms with Crippen molar-refractivity contribution >= 4 is 23.6 Å². The molecule has 2 aromatic carbocycles. The molecule has 0 saturated heterocycles. The second-order valence-electron chi connectivity index (χ2n) is 12.0. The number of nitrogens with one attached hydrogen (secondary N) is 7. The fourth-order valence-corrected chi connectivity index (χ4v) is 5.38. The van der Waals surface area contributed by atoms with Gasteiger partial charge in [0.05, 0.1) is 11.4 Å². The van der Waals surface area contributed by atoms with E-state index in [0.29, 0.717) is 53.2 Å². The van der Waals surface area contributed by atoms with Crippen LogP contribution in [0.25, 0.3) is 33.6 Å². The van der Waals surface area contributed by atoms with Crippen LogP contribution in [0.15, 0.2) is 102 Å². The molecule has 7 N–H and O–H groups in total. The lowest BCUT2D eigenvalue weighted by Gasteiger charge is -2.08. The van der Waals surface area contributed by atoms with Gasteiger partial charge in [0.15, 0.2) is 11.5 Å². The molecule has 0 fully saturated rings. The van der Waals surface area contributed by atoms with Gasteiger partial charge in [-0.15, -0.1) is 0 Å². The Balaban J connectivity index is 0.948. The number of nitrogens with zero attached hydrogens (tertiary/aromatic N) is 3. The summed E-state index contributed by atoms with van der Waals surface area (Å²) in [7, 11) is 0. The first-order chi connectivity index (χ1) is 26.3. The molecule has 0 unspecified atom stereocenters. The number of halogens is 1. The third kappa shape index (κ3) is 8.97. The molecular weight excluding hydrogens is 695 g/mol. The van der Waals surface area contributed by atoms with Crippen molar-refractivity contribution in [2.45, 2.75) is 12.8 Å². The van der Waals surface area contributed by atoms with Crippen LogP contribution in [0.2, 0.25) is 0 Å². The number of H-pyrrole nitrogens is 3. The highest BCUT2D eigenvalue weighted by Gasteiger charge is 2.17. The Kier molecular flexibility index (Phi) is 11.7. The maximum absolute atomic E-state index is 13.7. The largest absolute Gasteiger partial charge is 0.366 e. The molecule has 0 spiro atoms. The molecule has 15 nitrogen and oxygen atoms in total. The molecule has 4 aromatic heterocycles. The van der Waals surface area contributed by atoms with Crippen LogP contribution in [-0.4, -0.2) is 80.2 Å². The van der Waals surface area contributed by atoms with Gasteiger partial charge in [0.2, 0.25) is 5.43 Å². The van der Waals surface area contributed by atoms with E-state index >= 15 is 0 Å². The Bertz CT molecular complexity index is 2320. The van der Waals surface area contributed by atoms with Gasteiger partial charge in [0.25, 0.3) is 23.6 Å². The molecule has 4 heterocycles. The lowest BCUT2D eigenvalue weighted by molar-refractivity contribution is 0.0929. The van der Waals surface area contributed by atoms with Crippen molar-refractivity contribution in [2.75, 3.05) is 26.2 Å². The molecule has 0 saturated carbocycles. The summed E-state index contributed by atoms with van der Waals surface area (Å²) in [6, 6.07) is 22.2. The maximum Gasteiger partial charge on any atom is 0.272 e. The van der Waals surface area contributed by atoms with Gasteiger partial charge in [-0.25, -0.2) is 9.37 Å². The molecule has 6 aromatic rings. The topological polar surface area (TPSA) is 220 Å². The number of aromatic nitrogens is 6. The second-order valence-corrected chi connectivity index (χ2v) is 12.0. The van der Waals surface area contributed by atoms with Gasteiger partial charge in [-0.1, -0.05) is 54.6 Å². The van der Waals surface area contributed by atoms with Crippen molar-refractivity contribution in [3.8, 4) is 33.6 Å². The van der Waals surface area contributed by atoms with Crippen LogP contribution in [0, 0.1) is 5.82 Å². The zero-order valence-electron chi connectivity index (χ0n) is 28.7. The Hall–Kier alpha value is -7.23. The van der Waals surface area contributed by atoms with Gasteiger partial charge in [0, 0.05) is 61.5 Å². The molecule has 54 heavy (non-hydrogen) atoms. The van der Waals surface area contributed by atoms with Crippen molar-refractivity contribution < 1.29 is 23.6 Å². The Morgan fingerprint density at radius 1 is 0.611 bits per heavy atom. The Labute approximate surface area is 307 Å². The lowest BCUT2D eigenvalue weighted by Crippen LogP contribution is -2.32. The summed E-state index contributed by atoms with van der Waals surface area (Å²) >= 11 is 0. The molecule has 6 rings (SSSR count). The number of carbonyl (C=O) groups is 4. The SMILES string of the molecule is O=C(NCCCNC(=O)c1ncccc1F)c1cc(-c2ccc(-c3c[nH]cc(C(=O)NCCCNC(=O)c4cc(-c5ccccc5)n[nH]4)c3=O)cc2)n[nH]1. The fraction of sp³-hybridized carbons (Fsp3) is 0.158. The number of benzene rings is 2. The molecule has 0 radical (unpaired) electrons. The minimum Gasteiger partial charge on any atom is -0.366 e. The molecular formula is C38H35FN10O5. The smallest absolute Gasteiger partial charge is 0.272 e. The predicted octanol–water partition coefficient (Wildman–Crippen LogP) is 3.46. The van der Waals surface area contributed by atoms with Crippen LogP contribution in [0.4, 0.5) is 4.39 Å². The van der Waals surface area contributed by atoms with Crippen LogP contribution < -0.4 is 26.7 Å². The summed E-state index contributed by atoms with van der Waals surface area (Å²) in [6.45, 7) is 0.979. The van der Waals surface area contributed by atoms with Gasteiger partial charge in [0.1, 0.15) is 17.0 Å².